The van der Waals surface area contributed by atoms with Crippen LogP contribution in [0.1, 0.15) is 37.9 Å². The number of nitrogens with zero attached hydrogens (tertiary/aromatic N) is 4. The fourth-order valence-corrected chi connectivity index (χ4v) is 2.69. The fraction of sp³-hybridized carbons (Fsp3) is 0.500. The summed E-state index contributed by atoms with van der Waals surface area (Å²) in [7, 11) is 0. The lowest BCUT2D eigenvalue weighted by atomic mass is 9.67. The predicted molar refractivity (Wildman–Crippen MR) is 88.0 cm³/mol. The Kier molecular flexibility index (Phi) is 4.15. The minimum absolute atomic E-state index is 0.242. The van der Waals surface area contributed by atoms with Gasteiger partial charge in [0.2, 0.25) is 5.95 Å². The maximum absolute atomic E-state index is 9.24. The number of rotatable bonds is 6. The lowest BCUT2D eigenvalue weighted by molar-refractivity contribution is 0.159. The third-order valence-corrected chi connectivity index (χ3v) is 4.48. The summed E-state index contributed by atoms with van der Waals surface area (Å²) in [6.45, 7) is 5.15. The van der Waals surface area contributed by atoms with Crippen molar-refractivity contribution in [1.82, 2.24) is 20.2 Å². The number of hydrogen-bond acceptors (Lipinski definition) is 6. The maximum Gasteiger partial charge on any atom is 0.224 e. The normalized spacial score (nSPS) is 18.7. The van der Waals surface area contributed by atoms with Gasteiger partial charge >= 0.3 is 0 Å². The average molecular weight is 311 g/mol. The van der Waals surface area contributed by atoms with Crippen molar-refractivity contribution in [3.8, 4) is 6.07 Å². The second-order valence-corrected chi connectivity index (χ2v) is 6.55. The highest BCUT2D eigenvalue weighted by atomic mass is 15.2. The third kappa shape index (κ3) is 3.42. The van der Waals surface area contributed by atoms with Crippen LogP contribution in [0.4, 0.5) is 11.8 Å². The molecule has 3 N–H and O–H groups in total. The molecule has 0 unspecified atom stereocenters. The van der Waals surface area contributed by atoms with Crippen molar-refractivity contribution in [1.29, 1.82) is 5.26 Å². The monoisotopic (exact) mass is 311 g/mol. The van der Waals surface area contributed by atoms with Crippen molar-refractivity contribution in [2.45, 2.75) is 39.2 Å². The van der Waals surface area contributed by atoms with E-state index >= 15 is 0 Å². The Bertz CT molecular complexity index is 700. The van der Waals surface area contributed by atoms with Gasteiger partial charge in [-0.1, -0.05) is 13.8 Å². The molecular formula is C16H21N7. The van der Waals surface area contributed by atoms with Crippen molar-refractivity contribution in [2.24, 2.45) is 5.41 Å². The lowest BCUT2D eigenvalue weighted by Gasteiger charge is -2.45. The van der Waals surface area contributed by atoms with Crippen molar-refractivity contribution < 1.29 is 0 Å². The molecule has 0 radical (unpaired) electrons. The molecule has 3 rings (SSSR count). The van der Waals surface area contributed by atoms with E-state index in [-0.39, 0.29) is 5.41 Å². The van der Waals surface area contributed by atoms with E-state index in [1.807, 2.05) is 6.07 Å². The second-order valence-electron chi connectivity index (χ2n) is 6.55. The molecule has 0 amide bonds. The minimum atomic E-state index is 0.242. The van der Waals surface area contributed by atoms with Crippen molar-refractivity contribution >= 4 is 11.8 Å². The first-order chi connectivity index (χ1) is 11.1. The summed E-state index contributed by atoms with van der Waals surface area (Å²) in [5.74, 6) is 1.15. The first-order valence-electron chi connectivity index (χ1n) is 7.84. The molecule has 1 saturated carbocycles. The van der Waals surface area contributed by atoms with Gasteiger partial charge in [0.1, 0.15) is 17.5 Å². The average Bonchev–Trinajstić information content (AvgIpc) is 3.05. The molecule has 23 heavy (non-hydrogen) atoms. The van der Waals surface area contributed by atoms with Crippen LogP contribution in [0.5, 0.6) is 0 Å². The molecule has 7 nitrogen and oxygen atoms in total. The number of anilines is 2. The molecular weight excluding hydrogens is 290 g/mol. The van der Waals surface area contributed by atoms with Crippen LogP contribution >= 0.6 is 0 Å². The van der Waals surface area contributed by atoms with Gasteiger partial charge in [0, 0.05) is 30.9 Å². The van der Waals surface area contributed by atoms with Crippen molar-refractivity contribution in [2.75, 3.05) is 17.2 Å². The Morgan fingerprint density at radius 1 is 1.48 bits per heavy atom. The van der Waals surface area contributed by atoms with Gasteiger partial charge in [-0.25, -0.2) is 4.98 Å². The summed E-state index contributed by atoms with van der Waals surface area (Å²) >= 11 is 0. The maximum atomic E-state index is 9.24. The Labute approximate surface area is 135 Å². The highest BCUT2D eigenvalue weighted by Gasteiger charge is 2.38. The van der Waals surface area contributed by atoms with Crippen molar-refractivity contribution in [3.63, 3.8) is 0 Å². The van der Waals surface area contributed by atoms with Crippen LogP contribution in [0.3, 0.4) is 0 Å². The van der Waals surface area contributed by atoms with Crippen LogP contribution in [0.15, 0.2) is 18.5 Å². The van der Waals surface area contributed by atoms with E-state index in [1.54, 1.807) is 12.4 Å². The van der Waals surface area contributed by atoms with Gasteiger partial charge in [0.15, 0.2) is 0 Å². The Balaban J connectivity index is 1.65. The molecule has 1 aliphatic rings. The van der Waals surface area contributed by atoms with Gasteiger partial charge < -0.3 is 10.6 Å². The zero-order valence-corrected chi connectivity index (χ0v) is 13.4. The van der Waals surface area contributed by atoms with Crippen LogP contribution in [0.2, 0.25) is 0 Å². The summed E-state index contributed by atoms with van der Waals surface area (Å²) in [5, 5.41) is 22.7. The van der Waals surface area contributed by atoms with E-state index in [9.17, 15) is 5.26 Å². The SMILES string of the molecule is CC1(C)CC[C@H]1Nc1nc(NCCc2ccn[nH]2)ncc1C#N. The largest absolute Gasteiger partial charge is 0.366 e. The molecule has 120 valence electrons. The molecule has 0 saturated heterocycles. The Morgan fingerprint density at radius 2 is 2.35 bits per heavy atom. The molecule has 1 atom stereocenters. The number of aromatic amines is 1. The van der Waals surface area contributed by atoms with E-state index in [0.29, 0.717) is 29.9 Å². The highest BCUT2D eigenvalue weighted by Crippen LogP contribution is 2.41. The number of H-pyrrole nitrogens is 1. The molecule has 0 bridgehead atoms. The molecule has 1 fully saturated rings. The van der Waals surface area contributed by atoms with Crippen LogP contribution in [-0.4, -0.2) is 32.8 Å². The summed E-state index contributed by atoms with van der Waals surface area (Å²) in [6, 6.07) is 4.44. The number of nitrogens with one attached hydrogen (secondary N) is 3. The van der Waals surface area contributed by atoms with Gasteiger partial charge in [-0.15, -0.1) is 0 Å². The van der Waals surface area contributed by atoms with E-state index in [1.165, 1.54) is 6.42 Å². The van der Waals surface area contributed by atoms with Crippen LogP contribution in [-0.2, 0) is 6.42 Å². The van der Waals surface area contributed by atoms with Crippen molar-refractivity contribution in [3.05, 3.63) is 29.7 Å². The van der Waals surface area contributed by atoms with E-state index < -0.39 is 0 Å². The summed E-state index contributed by atoms with van der Waals surface area (Å²) in [5.41, 5.74) is 1.78. The first kappa shape index (κ1) is 15.3. The summed E-state index contributed by atoms with van der Waals surface area (Å²) in [4.78, 5) is 8.67. The highest BCUT2D eigenvalue weighted by molar-refractivity contribution is 5.54. The molecule has 7 heteroatoms. The topological polar surface area (TPSA) is 102 Å². The van der Waals surface area contributed by atoms with Crippen LogP contribution in [0, 0.1) is 16.7 Å². The van der Waals surface area contributed by atoms with Gasteiger partial charge in [-0.3, -0.25) is 5.10 Å². The van der Waals surface area contributed by atoms with Gasteiger partial charge in [0.25, 0.3) is 0 Å². The first-order valence-corrected chi connectivity index (χ1v) is 7.84. The quantitative estimate of drug-likeness (QED) is 0.756. The Hall–Kier alpha value is -2.62. The van der Waals surface area contributed by atoms with E-state index in [2.05, 4.69) is 50.7 Å². The molecule has 1 aliphatic carbocycles. The van der Waals surface area contributed by atoms with Gasteiger partial charge in [-0.2, -0.15) is 15.3 Å². The molecule has 0 aromatic carbocycles. The summed E-state index contributed by atoms with van der Waals surface area (Å²) < 4.78 is 0. The van der Waals surface area contributed by atoms with Gasteiger partial charge in [0.05, 0.1) is 6.20 Å². The fourth-order valence-electron chi connectivity index (χ4n) is 2.69. The molecule has 0 spiro atoms. The van der Waals surface area contributed by atoms with E-state index in [0.717, 1.165) is 18.5 Å². The lowest BCUT2D eigenvalue weighted by Crippen LogP contribution is -2.45. The molecule has 0 aliphatic heterocycles. The zero-order valence-electron chi connectivity index (χ0n) is 13.4. The summed E-state index contributed by atoms with van der Waals surface area (Å²) in [6.07, 6.45) is 6.40. The minimum Gasteiger partial charge on any atom is -0.366 e. The van der Waals surface area contributed by atoms with Gasteiger partial charge in [-0.05, 0) is 24.3 Å². The number of nitriles is 1. The van der Waals surface area contributed by atoms with Crippen LogP contribution < -0.4 is 10.6 Å². The zero-order chi connectivity index (χ0) is 16.3. The number of aromatic nitrogens is 4. The standard InChI is InChI=1S/C16H21N7/c1-16(2)6-3-13(16)21-14-11(9-17)10-19-15(22-14)18-7-4-12-5-8-20-23-12/h5,8,10,13H,3-4,6-7H2,1-2H3,(H,20,23)(H2,18,19,21,22)/t13-/m1/s1. The third-order valence-electron chi connectivity index (χ3n) is 4.48. The molecule has 2 aromatic heterocycles. The second kappa shape index (κ2) is 6.24. The Morgan fingerprint density at radius 3 is 2.96 bits per heavy atom. The number of hydrogen-bond donors (Lipinski definition) is 3. The van der Waals surface area contributed by atoms with Crippen LogP contribution in [0.25, 0.3) is 0 Å². The van der Waals surface area contributed by atoms with E-state index in [4.69, 9.17) is 0 Å². The smallest absolute Gasteiger partial charge is 0.224 e. The molecule has 2 heterocycles. The molecule has 2 aromatic rings. The predicted octanol–water partition coefficient (Wildman–Crippen LogP) is 2.33.